The van der Waals surface area contributed by atoms with Crippen molar-refractivity contribution < 1.29 is 9.53 Å². The molecule has 1 N–H and O–H groups in total. The maximum Gasteiger partial charge on any atom is 0.256 e. The zero-order valence-corrected chi connectivity index (χ0v) is 12.0. The quantitative estimate of drug-likeness (QED) is 0.857. The number of rotatable bonds is 3. The van der Waals surface area contributed by atoms with Gasteiger partial charge in [-0.1, -0.05) is 18.2 Å². The van der Waals surface area contributed by atoms with Gasteiger partial charge in [-0.3, -0.25) is 4.79 Å². The molecule has 0 spiro atoms. The molecule has 0 unspecified atom stereocenters. The van der Waals surface area contributed by atoms with E-state index in [1.807, 2.05) is 42.5 Å². The Labute approximate surface area is 119 Å². The minimum absolute atomic E-state index is 0.135. The van der Waals surface area contributed by atoms with E-state index in [1.54, 1.807) is 13.2 Å². The number of carbonyl (C=O) groups excluding carboxylic acids is 1. The number of amides is 1. The Morgan fingerprint density at radius 1 is 1.17 bits per heavy atom. The number of ether oxygens (including phenoxy) is 1. The van der Waals surface area contributed by atoms with Gasteiger partial charge < -0.3 is 10.1 Å². The zero-order valence-electron chi connectivity index (χ0n) is 9.81. The molecule has 0 heterocycles. The number of carbonyl (C=O) groups is 1. The second-order valence-electron chi connectivity index (χ2n) is 3.67. The summed E-state index contributed by atoms with van der Waals surface area (Å²) in [5, 5.41) is 2.85. The topological polar surface area (TPSA) is 38.3 Å². The first-order valence-electron chi connectivity index (χ1n) is 5.40. The highest BCUT2D eigenvalue weighted by Gasteiger charge is 2.11. The number of anilines is 1. The predicted molar refractivity (Wildman–Crippen MR) is 80.1 cm³/mol. The summed E-state index contributed by atoms with van der Waals surface area (Å²) < 4.78 is 6.02. The Morgan fingerprint density at radius 3 is 2.56 bits per heavy atom. The van der Waals surface area contributed by atoms with E-state index < -0.39 is 0 Å². The first kappa shape index (κ1) is 12.9. The van der Waals surface area contributed by atoms with Gasteiger partial charge in [-0.15, -0.1) is 0 Å². The third-order valence-corrected chi connectivity index (χ3v) is 3.39. The summed E-state index contributed by atoms with van der Waals surface area (Å²) >= 11 is 2.13. The van der Waals surface area contributed by atoms with Crippen LogP contribution in [0.1, 0.15) is 10.4 Å². The van der Waals surface area contributed by atoms with E-state index in [1.165, 1.54) is 0 Å². The minimum Gasteiger partial charge on any atom is -0.497 e. The van der Waals surface area contributed by atoms with Gasteiger partial charge in [-0.2, -0.15) is 0 Å². The molecule has 0 saturated heterocycles. The molecular weight excluding hydrogens is 341 g/mol. The monoisotopic (exact) mass is 353 g/mol. The Kier molecular flexibility index (Phi) is 4.19. The summed E-state index contributed by atoms with van der Waals surface area (Å²) in [7, 11) is 1.58. The molecule has 0 aliphatic heterocycles. The first-order valence-corrected chi connectivity index (χ1v) is 6.48. The van der Waals surface area contributed by atoms with Crippen LogP contribution in [0.4, 0.5) is 5.69 Å². The molecular formula is C14H12INO2. The molecule has 92 valence electrons. The smallest absolute Gasteiger partial charge is 0.256 e. The van der Waals surface area contributed by atoms with Crippen LogP contribution in [0.2, 0.25) is 0 Å². The SMILES string of the molecule is COc1ccc(I)c(C(=O)Nc2ccccc2)c1. The van der Waals surface area contributed by atoms with Crippen LogP contribution in [0.15, 0.2) is 48.5 Å². The second-order valence-corrected chi connectivity index (χ2v) is 4.83. The van der Waals surface area contributed by atoms with Crippen molar-refractivity contribution >= 4 is 34.2 Å². The molecule has 0 aliphatic rings. The number of hydrogen-bond donors (Lipinski definition) is 1. The normalized spacial score (nSPS) is 9.89. The number of halogens is 1. The Bertz CT molecular complexity index is 555. The highest BCUT2D eigenvalue weighted by atomic mass is 127. The molecule has 0 radical (unpaired) electrons. The van der Waals surface area contributed by atoms with Crippen molar-refractivity contribution in [2.75, 3.05) is 12.4 Å². The fourth-order valence-corrected chi connectivity index (χ4v) is 2.11. The van der Waals surface area contributed by atoms with Crippen LogP contribution in [0.3, 0.4) is 0 Å². The zero-order chi connectivity index (χ0) is 13.0. The van der Waals surface area contributed by atoms with Gasteiger partial charge in [0.1, 0.15) is 5.75 Å². The fraction of sp³-hybridized carbons (Fsp3) is 0.0714. The third kappa shape index (κ3) is 3.01. The van der Waals surface area contributed by atoms with E-state index in [4.69, 9.17) is 4.74 Å². The third-order valence-electron chi connectivity index (χ3n) is 2.45. The van der Waals surface area contributed by atoms with E-state index in [-0.39, 0.29) is 5.91 Å². The molecule has 18 heavy (non-hydrogen) atoms. The highest BCUT2D eigenvalue weighted by Crippen LogP contribution is 2.20. The van der Waals surface area contributed by atoms with Crippen LogP contribution in [0, 0.1) is 3.57 Å². The predicted octanol–water partition coefficient (Wildman–Crippen LogP) is 3.55. The van der Waals surface area contributed by atoms with Crippen molar-refractivity contribution in [2.24, 2.45) is 0 Å². The second kappa shape index (κ2) is 5.86. The number of nitrogens with one attached hydrogen (secondary N) is 1. The fourth-order valence-electron chi connectivity index (χ4n) is 1.53. The Morgan fingerprint density at radius 2 is 1.89 bits per heavy atom. The maximum absolute atomic E-state index is 12.1. The van der Waals surface area contributed by atoms with Gasteiger partial charge in [0.15, 0.2) is 0 Å². The van der Waals surface area contributed by atoms with Crippen LogP contribution in [0.5, 0.6) is 5.75 Å². The Hall–Kier alpha value is -1.56. The van der Waals surface area contributed by atoms with Crippen molar-refractivity contribution in [2.45, 2.75) is 0 Å². The van der Waals surface area contributed by atoms with Gasteiger partial charge in [0, 0.05) is 9.26 Å². The molecule has 0 fully saturated rings. The number of hydrogen-bond acceptors (Lipinski definition) is 2. The molecule has 2 rings (SSSR count). The van der Waals surface area contributed by atoms with E-state index in [0.717, 1.165) is 9.26 Å². The largest absolute Gasteiger partial charge is 0.497 e. The van der Waals surface area contributed by atoms with E-state index in [0.29, 0.717) is 11.3 Å². The number of benzene rings is 2. The first-order chi connectivity index (χ1) is 8.70. The Balaban J connectivity index is 2.23. The highest BCUT2D eigenvalue weighted by molar-refractivity contribution is 14.1. The van der Waals surface area contributed by atoms with Gasteiger partial charge in [-0.05, 0) is 52.9 Å². The standard InChI is InChI=1S/C14H12INO2/c1-18-11-7-8-13(15)12(9-11)14(17)16-10-5-3-2-4-6-10/h2-9H,1H3,(H,16,17). The van der Waals surface area contributed by atoms with Crippen molar-refractivity contribution in [1.29, 1.82) is 0 Å². The summed E-state index contributed by atoms with van der Waals surface area (Å²) in [5.74, 6) is 0.540. The molecule has 1 amide bonds. The van der Waals surface area contributed by atoms with E-state index in [9.17, 15) is 4.79 Å². The van der Waals surface area contributed by atoms with Crippen LogP contribution in [-0.2, 0) is 0 Å². The van der Waals surface area contributed by atoms with Crippen molar-refractivity contribution in [3.8, 4) is 5.75 Å². The lowest BCUT2D eigenvalue weighted by Crippen LogP contribution is -2.13. The lowest BCUT2D eigenvalue weighted by molar-refractivity contribution is 0.102. The number of methoxy groups -OCH3 is 1. The lowest BCUT2D eigenvalue weighted by Gasteiger charge is -2.08. The maximum atomic E-state index is 12.1. The molecule has 0 saturated carbocycles. The molecule has 0 aromatic heterocycles. The molecule has 3 nitrogen and oxygen atoms in total. The van der Waals surface area contributed by atoms with E-state index >= 15 is 0 Å². The molecule has 2 aromatic carbocycles. The van der Waals surface area contributed by atoms with Gasteiger partial charge in [0.05, 0.1) is 12.7 Å². The lowest BCUT2D eigenvalue weighted by atomic mass is 10.2. The summed E-state index contributed by atoms with van der Waals surface area (Å²) in [5.41, 5.74) is 1.39. The minimum atomic E-state index is -0.135. The summed E-state index contributed by atoms with van der Waals surface area (Å²) in [6, 6.07) is 14.8. The summed E-state index contributed by atoms with van der Waals surface area (Å²) in [4.78, 5) is 12.1. The van der Waals surface area contributed by atoms with Crippen LogP contribution >= 0.6 is 22.6 Å². The average molecular weight is 353 g/mol. The molecule has 0 bridgehead atoms. The molecule has 4 heteroatoms. The van der Waals surface area contributed by atoms with E-state index in [2.05, 4.69) is 27.9 Å². The molecule has 0 atom stereocenters. The van der Waals surface area contributed by atoms with Crippen LogP contribution < -0.4 is 10.1 Å². The van der Waals surface area contributed by atoms with Gasteiger partial charge >= 0.3 is 0 Å². The average Bonchev–Trinajstić information content (AvgIpc) is 2.40. The van der Waals surface area contributed by atoms with Gasteiger partial charge in [-0.25, -0.2) is 0 Å². The summed E-state index contributed by atoms with van der Waals surface area (Å²) in [6.07, 6.45) is 0. The number of para-hydroxylation sites is 1. The van der Waals surface area contributed by atoms with Crippen LogP contribution in [-0.4, -0.2) is 13.0 Å². The van der Waals surface area contributed by atoms with Crippen molar-refractivity contribution in [3.63, 3.8) is 0 Å². The summed E-state index contributed by atoms with van der Waals surface area (Å²) in [6.45, 7) is 0. The van der Waals surface area contributed by atoms with Crippen molar-refractivity contribution in [1.82, 2.24) is 0 Å². The van der Waals surface area contributed by atoms with Gasteiger partial charge in [0.25, 0.3) is 5.91 Å². The van der Waals surface area contributed by atoms with Gasteiger partial charge in [0.2, 0.25) is 0 Å². The molecule has 0 aliphatic carbocycles. The molecule has 2 aromatic rings. The van der Waals surface area contributed by atoms with Crippen LogP contribution in [0.25, 0.3) is 0 Å². The van der Waals surface area contributed by atoms with Crippen molar-refractivity contribution in [3.05, 3.63) is 57.7 Å².